The van der Waals surface area contributed by atoms with Gasteiger partial charge in [-0.25, -0.2) is 23.2 Å². The summed E-state index contributed by atoms with van der Waals surface area (Å²) >= 11 is 0. The summed E-state index contributed by atoms with van der Waals surface area (Å²) in [6, 6.07) is 15.8. The molecule has 3 heterocycles. The van der Waals surface area contributed by atoms with Gasteiger partial charge in [0, 0.05) is 11.5 Å². The number of halogens is 2. The molecule has 1 fully saturated rings. The van der Waals surface area contributed by atoms with E-state index in [0.29, 0.717) is 43.3 Å². The molecule has 0 radical (unpaired) electrons. The molecule has 9 nitrogen and oxygen atoms in total. The molecule has 0 unspecified atom stereocenters. The van der Waals surface area contributed by atoms with Gasteiger partial charge >= 0.3 is 6.03 Å². The Balaban J connectivity index is 1.32. The van der Waals surface area contributed by atoms with Crippen LogP contribution < -0.4 is 21.3 Å². The van der Waals surface area contributed by atoms with Crippen LogP contribution in [0.5, 0.6) is 0 Å². The van der Waals surface area contributed by atoms with E-state index in [1.54, 1.807) is 16.8 Å². The van der Waals surface area contributed by atoms with E-state index in [1.807, 2.05) is 58.0 Å². The minimum Gasteiger partial charge on any atom is -0.357 e. The lowest BCUT2D eigenvalue weighted by Crippen LogP contribution is -2.54. The number of carbonyl (C=O) groups excluding carboxylic acids is 2. The number of amides is 2. The first-order valence-corrected chi connectivity index (χ1v) is 14.1. The normalized spacial score (nSPS) is 14.7. The van der Waals surface area contributed by atoms with E-state index in [9.17, 15) is 18.4 Å². The summed E-state index contributed by atoms with van der Waals surface area (Å²) < 4.78 is 30.7. The number of Topliss-reactive ketones (excluding diaryl/α,β-unsaturated/α-hetero) is 1. The summed E-state index contributed by atoms with van der Waals surface area (Å²) in [4.78, 5) is 30.9. The van der Waals surface area contributed by atoms with E-state index >= 15 is 0 Å². The number of benzene rings is 2. The van der Waals surface area contributed by atoms with Crippen LogP contribution in [0.1, 0.15) is 55.2 Å². The Hall–Kier alpha value is -4.64. The highest BCUT2D eigenvalue weighted by Gasteiger charge is 2.42. The fraction of sp³-hybridized carbons (Fsp3) is 0.312. The summed E-state index contributed by atoms with van der Waals surface area (Å²) in [6.45, 7) is 9.13. The zero-order chi connectivity index (χ0) is 30.8. The van der Waals surface area contributed by atoms with Crippen molar-refractivity contribution in [3.8, 4) is 5.69 Å². The van der Waals surface area contributed by atoms with E-state index in [-0.39, 0.29) is 5.41 Å². The van der Waals surface area contributed by atoms with Gasteiger partial charge in [-0.1, -0.05) is 44.5 Å². The number of hydrogen-bond acceptors (Lipinski definition) is 6. The van der Waals surface area contributed by atoms with Crippen molar-refractivity contribution < 1.29 is 18.4 Å². The maximum Gasteiger partial charge on any atom is 0.324 e. The highest BCUT2D eigenvalue weighted by Crippen LogP contribution is 2.31. The first-order chi connectivity index (χ1) is 20.4. The van der Waals surface area contributed by atoms with Crippen molar-refractivity contribution >= 4 is 29.1 Å². The van der Waals surface area contributed by atoms with E-state index < -0.39 is 34.6 Å². The Kier molecular flexibility index (Phi) is 8.27. The third-order valence-electron chi connectivity index (χ3n) is 7.47. The Morgan fingerprint density at radius 3 is 2.23 bits per heavy atom. The Bertz CT molecular complexity index is 1600. The monoisotopic (exact) mass is 587 g/mol. The quantitative estimate of drug-likeness (QED) is 0.191. The Morgan fingerprint density at radius 2 is 1.63 bits per heavy atom. The van der Waals surface area contributed by atoms with Gasteiger partial charge < -0.3 is 16.0 Å². The van der Waals surface area contributed by atoms with Crippen LogP contribution >= 0.6 is 0 Å². The van der Waals surface area contributed by atoms with Crippen LogP contribution in [-0.2, 0) is 5.41 Å². The van der Waals surface area contributed by atoms with Crippen LogP contribution in [0.3, 0.4) is 0 Å². The van der Waals surface area contributed by atoms with Crippen molar-refractivity contribution in [1.29, 1.82) is 0 Å². The van der Waals surface area contributed by atoms with Crippen molar-refractivity contribution in [2.75, 3.05) is 29.0 Å². The zero-order valence-corrected chi connectivity index (χ0v) is 24.6. The van der Waals surface area contributed by atoms with E-state index in [2.05, 4.69) is 26.3 Å². The number of pyridine rings is 1. The van der Waals surface area contributed by atoms with Gasteiger partial charge in [0.15, 0.2) is 5.78 Å². The summed E-state index contributed by atoms with van der Waals surface area (Å²) in [6.07, 6.45) is 2.08. The highest BCUT2D eigenvalue weighted by atomic mass is 19.1. The van der Waals surface area contributed by atoms with Crippen LogP contribution in [0.4, 0.5) is 30.9 Å². The predicted octanol–water partition coefficient (Wildman–Crippen LogP) is 6.21. The summed E-state index contributed by atoms with van der Waals surface area (Å²) in [5.74, 6) is -1.62. The van der Waals surface area contributed by atoms with Gasteiger partial charge in [-0.2, -0.15) is 5.10 Å². The molecule has 0 aliphatic carbocycles. The fourth-order valence-electron chi connectivity index (χ4n) is 5.00. The van der Waals surface area contributed by atoms with Gasteiger partial charge in [0.05, 0.1) is 28.8 Å². The molecular weight excluding hydrogens is 552 g/mol. The number of piperidine rings is 1. The van der Waals surface area contributed by atoms with Crippen molar-refractivity contribution in [2.24, 2.45) is 0 Å². The zero-order valence-electron chi connectivity index (χ0n) is 24.6. The number of nitrogens with one attached hydrogen (secondary N) is 4. The number of ketones is 1. The van der Waals surface area contributed by atoms with Crippen molar-refractivity contribution in [3.63, 3.8) is 0 Å². The van der Waals surface area contributed by atoms with Crippen LogP contribution in [0.25, 0.3) is 5.69 Å². The number of hydrogen-bond donors (Lipinski definition) is 4. The van der Waals surface area contributed by atoms with E-state index in [0.717, 1.165) is 29.1 Å². The molecule has 11 heteroatoms. The number of rotatable bonds is 7. The number of aromatic nitrogens is 3. The van der Waals surface area contributed by atoms with Gasteiger partial charge in [-0.3, -0.25) is 10.1 Å². The van der Waals surface area contributed by atoms with Crippen LogP contribution in [-0.4, -0.2) is 45.2 Å². The molecule has 1 aliphatic rings. The van der Waals surface area contributed by atoms with Crippen LogP contribution in [0.15, 0.2) is 66.9 Å². The lowest BCUT2D eigenvalue weighted by Gasteiger charge is -2.37. The van der Waals surface area contributed by atoms with Crippen molar-refractivity contribution in [3.05, 3.63) is 95.3 Å². The number of aryl methyl sites for hydroxylation is 1. The summed E-state index contributed by atoms with van der Waals surface area (Å²) in [7, 11) is 0. The molecule has 0 bridgehead atoms. The molecule has 224 valence electrons. The third-order valence-corrected chi connectivity index (χ3v) is 7.47. The second kappa shape index (κ2) is 11.9. The molecule has 2 aromatic carbocycles. The number of anilines is 3. The Labute approximate surface area is 249 Å². The van der Waals surface area contributed by atoms with Crippen LogP contribution in [0.2, 0.25) is 0 Å². The molecule has 0 atom stereocenters. The van der Waals surface area contributed by atoms with Gasteiger partial charge in [-0.05, 0) is 69.3 Å². The molecule has 2 aromatic heterocycles. The van der Waals surface area contributed by atoms with Crippen molar-refractivity contribution in [1.82, 2.24) is 20.1 Å². The second-order valence-corrected chi connectivity index (χ2v) is 11.8. The minimum atomic E-state index is -1.24. The van der Waals surface area contributed by atoms with Crippen LogP contribution in [0, 0.1) is 18.6 Å². The SMILES string of the molecule is Cc1ccc(-n2nc(C(C)(C)C)cc2NC(=O)Nc2ccc(NC3(C(=O)c4c(F)cccc4F)CCNCC3)nc2)cc1. The van der Waals surface area contributed by atoms with Gasteiger partial charge in [0.25, 0.3) is 0 Å². The molecule has 43 heavy (non-hydrogen) atoms. The third kappa shape index (κ3) is 6.56. The predicted molar refractivity (Wildman–Crippen MR) is 163 cm³/mol. The van der Waals surface area contributed by atoms with Crippen molar-refractivity contribution in [2.45, 2.75) is 51.5 Å². The largest absolute Gasteiger partial charge is 0.357 e. The Morgan fingerprint density at radius 1 is 0.953 bits per heavy atom. The van der Waals surface area contributed by atoms with E-state index in [1.165, 1.54) is 12.3 Å². The molecule has 0 saturated carbocycles. The molecule has 4 aromatic rings. The fourth-order valence-corrected chi connectivity index (χ4v) is 5.00. The molecule has 4 N–H and O–H groups in total. The average molecular weight is 588 g/mol. The maximum atomic E-state index is 14.5. The highest BCUT2D eigenvalue weighted by molar-refractivity contribution is 6.05. The van der Waals surface area contributed by atoms with Gasteiger partial charge in [-0.15, -0.1) is 0 Å². The second-order valence-electron chi connectivity index (χ2n) is 11.8. The summed E-state index contributed by atoms with van der Waals surface area (Å²) in [5, 5.41) is 16.7. The first-order valence-electron chi connectivity index (χ1n) is 14.1. The smallest absolute Gasteiger partial charge is 0.324 e. The number of carbonyl (C=O) groups is 2. The molecular formula is C32H35F2N7O2. The molecule has 0 spiro atoms. The number of nitrogens with zero attached hydrogens (tertiary/aromatic N) is 3. The maximum absolute atomic E-state index is 14.5. The average Bonchev–Trinajstić information content (AvgIpc) is 3.39. The van der Waals surface area contributed by atoms with Gasteiger partial charge in [0.1, 0.15) is 28.8 Å². The lowest BCUT2D eigenvalue weighted by molar-refractivity contribution is 0.0867. The molecule has 1 saturated heterocycles. The molecule has 2 amide bonds. The molecule has 5 rings (SSSR count). The summed E-state index contributed by atoms with van der Waals surface area (Å²) in [5.41, 5.74) is 1.10. The van der Waals surface area contributed by atoms with Gasteiger partial charge in [0.2, 0.25) is 0 Å². The minimum absolute atomic E-state index is 0.235. The number of urea groups is 1. The standard InChI is InChI=1S/C32H35F2N7O2/c1-20-8-11-22(12-9-20)41-27(18-25(40-41)31(2,3)4)38-30(43)37-21-10-13-26(36-19-21)39-32(14-16-35-17-15-32)29(42)28-23(33)6-5-7-24(28)34/h5-13,18-19,35H,14-17H2,1-4H3,(H,36,39)(H2,37,38,43). The van der Waals surface area contributed by atoms with E-state index in [4.69, 9.17) is 5.10 Å². The molecule has 1 aliphatic heterocycles. The lowest BCUT2D eigenvalue weighted by atomic mass is 9.80. The first kappa shape index (κ1) is 29.8. The topological polar surface area (TPSA) is 113 Å².